The molecule has 0 bridgehead atoms. The Bertz CT molecular complexity index is 374. The van der Waals surface area contributed by atoms with Gasteiger partial charge in [-0.05, 0) is 24.1 Å². The monoisotopic (exact) mass is 220 g/mol. The van der Waals surface area contributed by atoms with Gasteiger partial charge < -0.3 is 9.64 Å². The molecule has 0 heterocycles. The van der Waals surface area contributed by atoms with Crippen LogP contribution in [0.25, 0.3) is 10.4 Å². The number of anilines is 1. The van der Waals surface area contributed by atoms with Gasteiger partial charge in [0.15, 0.2) is 0 Å². The fraction of sp³-hybridized carbons (Fsp3) is 0.455. The van der Waals surface area contributed by atoms with E-state index in [0.717, 1.165) is 24.4 Å². The predicted octanol–water partition coefficient (Wildman–Crippen LogP) is 2.83. The largest absolute Gasteiger partial charge is 0.497 e. The third kappa shape index (κ3) is 3.71. The van der Waals surface area contributed by atoms with Crippen molar-refractivity contribution in [3.05, 3.63) is 34.7 Å². The van der Waals surface area contributed by atoms with Crippen LogP contribution in [0.2, 0.25) is 0 Å². The first kappa shape index (κ1) is 12.2. The van der Waals surface area contributed by atoms with E-state index in [2.05, 4.69) is 14.9 Å². The van der Waals surface area contributed by atoms with Gasteiger partial charge in [0, 0.05) is 36.8 Å². The summed E-state index contributed by atoms with van der Waals surface area (Å²) >= 11 is 0. The molecule has 0 aliphatic rings. The van der Waals surface area contributed by atoms with E-state index >= 15 is 0 Å². The van der Waals surface area contributed by atoms with Crippen molar-refractivity contribution < 1.29 is 4.74 Å². The van der Waals surface area contributed by atoms with Crippen molar-refractivity contribution in [1.82, 2.24) is 0 Å². The van der Waals surface area contributed by atoms with Crippen LogP contribution in [0.3, 0.4) is 0 Å². The maximum atomic E-state index is 8.15. The van der Waals surface area contributed by atoms with E-state index < -0.39 is 0 Å². The lowest BCUT2D eigenvalue weighted by molar-refractivity contribution is 0.415. The van der Waals surface area contributed by atoms with Gasteiger partial charge in [-0.3, -0.25) is 0 Å². The molecule has 0 atom stereocenters. The van der Waals surface area contributed by atoms with Crippen molar-refractivity contribution in [2.45, 2.75) is 6.42 Å². The Morgan fingerprint density at radius 2 is 2.31 bits per heavy atom. The molecule has 0 unspecified atom stereocenters. The highest BCUT2D eigenvalue weighted by Gasteiger charge is 2.01. The molecule has 0 aliphatic heterocycles. The van der Waals surface area contributed by atoms with Gasteiger partial charge in [0.05, 0.1) is 7.11 Å². The van der Waals surface area contributed by atoms with E-state index in [4.69, 9.17) is 10.3 Å². The Balaban J connectivity index is 2.51. The Kier molecular flexibility index (Phi) is 5.02. The van der Waals surface area contributed by atoms with Crippen LogP contribution < -0.4 is 9.64 Å². The molecule has 0 N–H and O–H groups in total. The first-order chi connectivity index (χ1) is 7.77. The number of benzene rings is 1. The van der Waals surface area contributed by atoms with E-state index in [1.165, 1.54) is 0 Å². The smallest absolute Gasteiger partial charge is 0.120 e. The number of nitrogens with zero attached hydrogens (tertiary/aromatic N) is 4. The summed E-state index contributed by atoms with van der Waals surface area (Å²) in [6, 6.07) is 7.87. The summed E-state index contributed by atoms with van der Waals surface area (Å²) in [7, 11) is 3.66. The van der Waals surface area contributed by atoms with Gasteiger partial charge in [-0.15, -0.1) is 0 Å². The van der Waals surface area contributed by atoms with Crippen molar-refractivity contribution in [3.8, 4) is 5.75 Å². The molecule has 0 aromatic heterocycles. The van der Waals surface area contributed by atoms with Crippen molar-refractivity contribution in [3.63, 3.8) is 0 Å². The molecule has 0 amide bonds. The summed E-state index contributed by atoms with van der Waals surface area (Å²) in [5.41, 5.74) is 9.24. The second-order valence-corrected chi connectivity index (χ2v) is 3.43. The second kappa shape index (κ2) is 6.58. The van der Waals surface area contributed by atoms with Crippen LogP contribution in [0.5, 0.6) is 5.75 Å². The average Bonchev–Trinajstić information content (AvgIpc) is 2.34. The summed E-state index contributed by atoms with van der Waals surface area (Å²) in [6.45, 7) is 1.39. The van der Waals surface area contributed by atoms with Crippen molar-refractivity contribution in [2.75, 3.05) is 32.1 Å². The number of hydrogen-bond donors (Lipinski definition) is 0. The minimum atomic E-state index is 0.533. The van der Waals surface area contributed by atoms with Crippen molar-refractivity contribution in [2.24, 2.45) is 5.11 Å². The molecule has 0 fully saturated rings. The number of hydrogen-bond acceptors (Lipinski definition) is 3. The van der Waals surface area contributed by atoms with Gasteiger partial charge >= 0.3 is 0 Å². The molecule has 0 spiro atoms. The summed E-state index contributed by atoms with van der Waals surface area (Å²) < 4.78 is 5.15. The lowest BCUT2D eigenvalue weighted by atomic mass is 10.2. The average molecular weight is 220 g/mol. The van der Waals surface area contributed by atoms with E-state index in [-0.39, 0.29) is 0 Å². The standard InChI is InChI=1S/C11H16N4O/c1-15(8-4-7-13-14-12)10-5-3-6-11(9-10)16-2/h3,5-6,9H,4,7-8H2,1-2H3. The molecule has 1 aromatic carbocycles. The summed E-state index contributed by atoms with van der Waals surface area (Å²) in [4.78, 5) is 4.83. The van der Waals surface area contributed by atoms with Crippen LogP contribution in [0, 0.1) is 0 Å². The van der Waals surface area contributed by atoms with Crippen LogP contribution >= 0.6 is 0 Å². The molecule has 1 rings (SSSR count). The second-order valence-electron chi connectivity index (χ2n) is 3.43. The summed E-state index contributed by atoms with van der Waals surface area (Å²) in [5.74, 6) is 0.847. The Morgan fingerprint density at radius 3 is 3.00 bits per heavy atom. The zero-order valence-electron chi connectivity index (χ0n) is 9.63. The van der Waals surface area contributed by atoms with Crippen LogP contribution in [-0.4, -0.2) is 27.2 Å². The van der Waals surface area contributed by atoms with Gasteiger partial charge in [0.1, 0.15) is 5.75 Å². The number of rotatable bonds is 6. The zero-order valence-corrected chi connectivity index (χ0v) is 9.63. The van der Waals surface area contributed by atoms with Gasteiger partial charge in [0.2, 0.25) is 0 Å². The molecule has 5 heteroatoms. The quantitative estimate of drug-likeness (QED) is 0.320. The van der Waals surface area contributed by atoms with E-state index in [0.29, 0.717) is 6.54 Å². The first-order valence-corrected chi connectivity index (χ1v) is 5.14. The van der Waals surface area contributed by atoms with Gasteiger partial charge in [0.25, 0.3) is 0 Å². The molecule has 0 radical (unpaired) electrons. The maximum Gasteiger partial charge on any atom is 0.120 e. The first-order valence-electron chi connectivity index (χ1n) is 5.14. The van der Waals surface area contributed by atoms with Crippen LogP contribution in [-0.2, 0) is 0 Å². The molecular weight excluding hydrogens is 204 g/mol. The fourth-order valence-corrected chi connectivity index (χ4v) is 1.40. The fourth-order valence-electron chi connectivity index (χ4n) is 1.40. The maximum absolute atomic E-state index is 8.15. The molecule has 0 saturated heterocycles. The van der Waals surface area contributed by atoms with Gasteiger partial charge in [-0.1, -0.05) is 11.2 Å². The minimum Gasteiger partial charge on any atom is -0.497 e. The van der Waals surface area contributed by atoms with E-state index in [1.54, 1.807) is 7.11 Å². The third-order valence-corrected chi connectivity index (χ3v) is 2.31. The Hall–Kier alpha value is -1.87. The van der Waals surface area contributed by atoms with E-state index in [9.17, 15) is 0 Å². The predicted molar refractivity (Wildman–Crippen MR) is 64.9 cm³/mol. The van der Waals surface area contributed by atoms with Gasteiger partial charge in [-0.2, -0.15) is 0 Å². The number of ether oxygens (including phenoxy) is 1. The van der Waals surface area contributed by atoms with Crippen molar-refractivity contribution >= 4 is 5.69 Å². The van der Waals surface area contributed by atoms with E-state index in [1.807, 2.05) is 31.3 Å². The summed E-state index contributed by atoms with van der Waals surface area (Å²) in [5, 5.41) is 3.50. The number of azide groups is 1. The molecule has 0 aliphatic carbocycles. The third-order valence-electron chi connectivity index (χ3n) is 2.31. The lowest BCUT2D eigenvalue weighted by Crippen LogP contribution is -2.18. The topological polar surface area (TPSA) is 61.2 Å². The molecule has 16 heavy (non-hydrogen) atoms. The molecule has 86 valence electrons. The highest BCUT2D eigenvalue weighted by Crippen LogP contribution is 2.19. The Labute approximate surface area is 95.3 Å². The summed E-state index contributed by atoms with van der Waals surface area (Å²) in [6.07, 6.45) is 0.845. The van der Waals surface area contributed by atoms with Crippen molar-refractivity contribution in [1.29, 1.82) is 0 Å². The SMILES string of the molecule is COc1cccc(N(C)CCCN=[N+]=[N-])c1. The zero-order chi connectivity index (χ0) is 11.8. The normalized spacial score (nSPS) is 9.38. The Morgan fingerprint density at radius 1 is 1.50 bits per heavy atom. The minimum absolute atomic E-state index is 0.533. The molecule has 1 aromatic rings. The number of methoxy groups -OCH3 is 1. The highest BCUT2D eigenvalue weighted by molar-refractivity contribution is 5.49. The van der Waals surface area contributed by atoms with Gasteiger partial charge in [-0.25, -0.2) is 0 Å². The molecule has 5 nitrogen and oxygen atoms in total. The molecular formula is C11H16N4O. The molecule has 0 saturated carbocycles. The lowest BCUT2D eigenvalue weighted by Gasteiger charge is -2.19. The van der Waals surface area contributed by atoms with Crippen LogP contribution in [0.4, 0.5) is 5.69 Å². The van der Waals surface area contributed by atoms with Crippen LogP contribution in [0.1, 0.15) is 6.42 Å². The van der Waals surface area contributed by atoms with Crippen LogP contribution in [0.15, 0.2) is 29.4 Å². The highest BCUT2D eigenvalue weighted by atomic mass is 16.5.